The van der Waals surface area contributed by atoms with Crippen LogP contribution in [0.3, 0.4) is 0 Å². The molecule has 0 aliphatic heterocycles. The minimum absolute atomic E-state index is 0.0241. The first-order valence-corrected chi connectivity index (χ1v) is 10.1. The molecule has 0 radical (unpaired) electrons. The number of anilines is 1. The van der Waals surface area contributed by atoms with Gasteiger partial charge in [-0.1, -0.05) is 78.0 Å². The monoisotopic (exact) mass is 438 g/mol. The number of hydrogen-bond donors (Lipinski definition) is 2. The van der Waals surface area contributed by atoms with Gasteiger partial charge in [-0.15, -0.1) is 5.10 Å². The van der Waals surface area contributed by atoms with Crippen molar-refractivity contribution in [3.63, 3.8) is 0 Å². The van der Waals surface area contributed by atoms with Crippen molar-refractivity contribution in [3.8, 4) is 17.1 Å². The van der Waals surface area contributed by atoms with E-state index >= 15 is 0 Å². The molecule has 10 heteroatoms. The summed E-state index contributed by atoms with van der Waals surface area (Å²) in [7, 11) is 0. The molecule has 2 heterocycles. The summed E-state index contributed by atoms with van der Waals surface area (Å²) in [6, 6.07) is 23.1. The Kier molecular flexibility index (Phi) is 5.07. The zero-order valence-electron chi connectivity index (χ0n) is 17.5. The van der Waals surface area contributed by atoms with Crippen LogP contribution in [0.4, 0.5) is 5.82 Å². The van der Waals surface area contributed by atoms with Gasteiger partial charge in [0.1, 0.15) is 5.69 Å². The number of hydrogen-bond acceptors (Lipinski definition) is 8. The van der Waals surface area contributed by atoms with E-state index in [1.54, 1.807) is 0 Å². The van der Waals surface area contributed by atoms with Crippen LogP contribution in [0.5, 0.6) is 0 Å². The number of carbonyl (C=O) groups excluding carboxylic acids is 1. The van der Waals surface area contributed by atoms with Gasteiger partial charge < -0.3 is 5.73 Å². The smallest absolute Gasteiger partial charge is 0.292 e. The molecule has 162 valence electrons. The summed E-state index contributed by atoms with van der Waals surface area (Å²) in [5.74, 6) is -0.505. The highest BCUT2D eigenvalue weighted by Gasteiger charge is 2.26. The molecule has 0 saturated heterocycles. The second-order valence-electron chi connectivity index (χ2n) is 7.20. The molecule has 0 spiro atoms. The quantitative estimate of drug-likeness (QED) is 0.317. The van der Waals surface area contributed by atoms with Crippen molar-refractivity contribution in [3.05, 3.63) is 84.1 Å². The number of nitrogen functional groups attached to an aromatic ring is 1. The Morgan fingerprint density at radius 2 is 1.76 bits per heavy atom. The number of nitrogens with two attached hydrogens (primary N) is 1. The first kappa shape index (κ1) is 20.1. The molecule has 0 aliphatic carbocycles. The molecule has 3 aromatic carbocycles. The van der Waals surface area contributed by atoms with E-state index in [1.165, 1.54) is 4.68 Å². The zero-order valence-corrected chi connectivity index (χ0v) is 17.5. The average Bonchev–Trinajstić information content (AvgIpc) is 3.48. The van der Waals surface area contributed by atoms with Crippen molar-refractivity contribution in [2.24, 2.45) is 5.10 Å². The lowest BCUT2D eigenvalue weighted by Crippen LogP contribution is -2.23. The van der Waals surface area contributed by atoms with Gasteiger partial charge >= 0.3 is 0 Å². The molecule has 5 aromatic rings. The summed E-state index contributed by atoms with van der Waals surface area (Å²) in [6.07, 6.45) is 0. The first-order chi connectivity index (χ1) is 16.1. The predicted molar refractivity (Wildman–Crippen MR) is 123 cm³/mol. The van der Waals surface area contributed by atoms with Crippen molar-refractivity contribution >= 4 is 28.2 Å². The SMILES string of the molecule is C/C(=N/NC(=O)c1c(-c2ccccc2)nnn1-c1nonc1N)c1cccc2ccccc12. The van der Waals surface area contributed by atoms with Crippen LogP contribution in [0.2, 0.25) is 0 Å². The van der Waals surface area contributed by atoms with Crippen LogP contribution in [-0.4, -0.2) is 36.9 Å². The van der Waals surface area contributed by atoms with E-state index < -0.39 is 5.91 Å². The summed E-state index contributed by atoms with van der Waals surface area (Å²) in [6.45, 7) is 1.83. The molecular weight excluding hydrogens is 420 g/mol. The Bertz CT molecular complexity index is 1480. The van der Waals surface area contributed by atoms with Crippen molar-refractivity contribution in [2.75, 3.05) is 5.73 Å². The minimum Gasteiger partial charge on any atom is -0.378 e. The van der Waals surface area contributed by atoms with E-state index in [4.69, 9.17) is 5.73 Å². The third-order valence-corrected chi connectivity index (χ3v) is 5.13. The number of nitrogens with zero attached hydrogens (tertiary/aromatic N) is 6. The predicted octanol–water partition coefficient (Wildman–Crippen LogP) is 3.21. The van der Waals surface area contributed by atoms with Crippen LogP contribution >= 0.6 is 0 Å². The number of aromatic nitrogens is 5. The minimum atomic E-state index is -0.541. The average molecular weight is 438 g/mol. The second-order valence-corrected chi connectivity index (χ2v) is 7.20. The number of fused-ring (bicyclic) bond motifs is 1. The standard InChI is InChI=1S/C23H18N8O2/c1-14(17-13-7-11-15-8-5-6-12-18(15)17)25-27-23(32)20-19(16-9-3-2-4-10-16)26-30-31(20)22-21(24)28-33-29-22/h2-13H,1H3,(H2,24,28)(H,27,32)/b25-14-. The van der Waals surface area contributed by atoms with Crippen LogP contribution in [0.15, 0.2) is 82.5 Å². The van der Waals surface area contributed by atoms with Gasteiger partial charge in [-0.05, 0) is 28.0 Å². The first-order valence-electron chi connectivity index (χ1n) is 10.1. The lowest BCUT2D eigenvalue weighted by Gasteiger charge is -2.08. The van der Waals surface area contributed by atoms with E-state index in [9.17, 15) is 4.79 Å². The van der Waals surface area contributed by atoms with Crippen molar-refractivity contribution in [1.82, 2.24) is 30.7 Å². The van der Waals surface area contributed by atoms with Crippen LogP contribution in [0, 0.1) is 0 Å². The van der Waals surface area contributed by atoms with E-state index in [-0.39, 0.29) is 17.3 Å². The fraction of sp³-hybridized carbons (Fsp3) is 0.0435. The van der Waals surface area contributed by atoms with Crippen LogP contribution in [0.1, 0.15) is 23.0 Å². The van der Waals surface area contributed by atoms with Gasteiger partial charge in [-0.25, -0.2) is 10.1 Å². The molecule has 2 aromatic heterocycles. The maximum atomic E-state index is 13.3. The maximum Gasteiger partial charge on any atom is 0.292 e. The van der Waals surface area contributed by atoms with Crippen LogP contribution in [0.25, 0.3) is 27.8 Å². The normalized spacial score (nSPS) is 11.6. The second kappa shape index (κ2) is 8.35. The number of benzene rings is 3. The zero-order chi connectivity index (χ0) is 22.8. The van der Waals surface area contributed by atoms with Gasteiger partial charge in [0.05, 0.1) is 5.71 Å². The molecule has 0 unspecified atom stereocenters. The van der Waals surface area contributed by atoms with Gasteiger partial charge in [0.2, 0.25) is 11.6 Å². The molecule has 0 aliphatic rings. The van der Waals surface area contributed by atoms with Gasteiger partial charge in [-0.3, -0.25) is 4.79 Å². The van der Waals surface area contributed by atoms with E-state index in [2.05, 4.69) is 35.8 Å². The summed E-state index contributed by atoms with van der Waals surface area (Å²) < 4.78 is 5.86. The van der Waals surface area contributed by atoms with Gasteiger partial charge in [-0.2, -0.15) is 9.78 Å². The third kappa shape index (κ3) is 3.69. The summed E-state index contributed by atoms with van der Waals surface area (Å²) in [5, 5.41) is 22.0. The Balaban J connectivity index is 1.54. The number of carbonyl (C=O) groups is 1. The largest absolute Gasteiger partial charge is 0.378 e. The maximum absolute atomic E-state index is 13.3. The Labute approximate surface area is 187 Å². The lowest BCUT2D eigenvalue weighted by atomic mass is 10.0. The molecule has 0 saturated carbocycles. The Hall–Kier alpha value is -4.86. The van der Waals surface area contributed by atoms with Gasteiger partial charge in [0.25, 0.3) is 5.91 Å². The van der Waals surface area contributed by atoms with Crippen LogP contribution < -0.4 is 11.2 Å². The number of nitrogens with one attached hydrogen (secondary N) is 1. The highest BCUT2D eigenvalue weighted by Crippen LogP contribution is 2.24. The van der Waals surface area contributed by atoms with E-state index in [0.29, 0.717) is 17.0 Å². The molecule has 0 bridgehead atoms. The highest BCUT2D eigenvalue weighted by molar-refractivity contribution is 6.10. The van der Waals surface area contributed by atoms with Gasteiger partial charge in [0.15, 0.2) is 5.69 Å². The van der Waals surface area contributed by atoms with E-state index in [0.717, 1.165) is 16.3 Å². The number of hydrazone groups is 1. The molecule has 3 N–H and O–H groups in total. The van der Waals surface area contributed by atoms with E-state index in [1.807, 2.05) is 79.7 Å². The van der Waals surface area contributed by atoms with Crippen LogP contribution in [-0.2, 0) is 0 Å². The molecule has 10 nitrogen and oxygen atoms in total. The third-order valence-electron chi connectivity index (χ3n) is 5.13. The fourth-order valence-electron chi connectivity index (χ4n) is 3.55. The molecule has 1 amide bonds. The molecule has 0 atom stereocenters. The molecule has 0 fully saturated rings. The fourth-order valence-corrected chi connectivity index (χ4v) is 3.55. The molecule has 5 rings (SSSR count). The molecular formula is C23H18N8O2. The Morgan fingerprint density at radius 1 is 1.00 bits per heavy atom. The van der Waals surface area contributed by atoms with Crippen molar-refractivity contribution < 1.29 is 9.42 Å². The van der Waals surface area contributed by atoms with Crippen molar-refractivity contribution in [2.45, 2.75) is 6.92 Å². The lowest BCUT2D eigenvalue weighted by molar-refractivity contribution is 0.0947. The molecule has 33 heavy (non-hydrogen) atoms. The van der Waals surface area contributed by atoms with Crippen molar-refractivity contribution in [1.29, 1.82) is 0 Å². The topological polar surface area (TPSA) is 137 Å². The number of rotatable bonds is 5. The highest BCUT2D eigenvalue weighted by atomic mass is 16.6. The summed E-state index contributed by atoms with van der Waals surface area (Å²) in [5.41, 5.74) is 11.1. The number of amides is 1. The Morgan fingerprint density at radius 3 is 2.55 bits per heavy atom. The summed E-state index contributed by atoms with van der Waals surface area (Å²) >= 11 is 0. The van der Waals surface area contributed by atoms with Gasteiger partial charge in [0, 0.05) is 11.1 Å². The summed E-state index contributed by atoms with van der Waals surface area (Å²) in [4.78, 5) is 13.3.